The highest BCUT2D eigenvalue weighted by molar-refractivity contribution is 6.30. The second-order valence-electron chi connectivity index (χ2n) is 7.14. The highest BCUT2D eigenvalue weighted by atomic mass is 35.5. The lowest BCUT2D eigenvalue weighted by Crippen LogP contribution is -2.04. The predicted molar refractivity (Wildman–Crippen MR) is 121 cm³/mol. The molecule has 4 aromatic rings. The summed E-state index contributed by atoms with van der Waals surface area (Å²) in [6, 6.07) is 24.6. The van der Waals surface area contributed by atoms with E-state index in [1.807, 2.05) is 30.3 Å². The highest BCUT2D eigenvalue weighted by Crippen LogP contribution is 2.26. The van der Waals surface area contributed by atoms with Crippen molar-refractivity contribution in [1.82, 2.24) is 9.55 Å². The van der Waals surface area contributed by atoms with Gasteiger partial charge in [-0.2, -0.15) is 0 Å². The van der Waals surface area contributed by atoms with Crippen LogP contribution in [-0.4, -0.2) is 16.2 Å². The molecule has 1 aromatic heterocycles. The highest BCUT2D eigenvalue weighted by Gasteiger charge is 2.12. The first-order chi connectivity index (χ1) is 14.2. The quantitative estimate of drug-likeness (QED) is 0.303. The third-order valence-electron chi connectivity index (χ3n) is 5.13. The lowest BCUT2D eigenvalue weighted by Gasteiger charge is -2.10. The zero-order valence-electron chi connectivity index (χ0n) is 16.6. The van der Waals surface area contributed by atoms with Gasteiger partial charge < -0.3 is 9.30 Å². The van der Waals surface area contributed by atoms with E-state index >= 15 is 0 Å². The minimum atomic E-state index is 0.717. The number of fused-ring (bicyclic) bond motifs is 1. The van der Waals surface area contributed by atoms with Crippen LogP contribution in [0.1, 0.15) is 25.3 Å². The molecule has 4 heteroatoms. The van der Waals surface area contributed by atoms with Gasteiger partial charge in [0.25, 0.3) is 0 Å². The Bertz CT molecular complexity index is 1070. The van der Waals surface area contributed by atoms with Crippen LogP contribution in [0.25, 0.3) is 22.4 Å². The Morgan fingerprint density at radius 1 is 0.897 bits per heavy atom. The maximum Gasteiger partial charge on any atom is 0.141 e. The number of halogens is 1. The van der Waals surface area contributed by atoms with Crippen molar-refractivity contribution < 1.29 is 4.74 Å². The van der Waals surface area contributed by atoms with Crippen molar-refractivity contribution in [3.8, 4) is 17.1 Å². The number of rotatable bonds is 8. The van der Waals surface area contributed by atoms with Crippen LogP contribution >= 0.6 is 11.6 Å². The molecule has 0 atom stereocenters. The van der Waals surface area contributed by atoms with Crippen LogP contribution in [0.3, 0.4) is 0 Å². The number of aryl methyl sites for hydroxylation is 2. The molecule has 0 bridgehead atoms. The molecule has 0 unspecified atom stereocenters. The van der Waals surface area contributed by atoms with Gasteiger partial charge in [-0.15, -0.1) is 0 Å². The van der Waals surface area contributed by atoms with Crippen LogP contribution in [0.2, 0.25) is 5.02 Å². The van der Waals surface area contributed by atoms with Gasteiger partial charge in [0.15, 0.2) is 0 Å². The van der Waals surface area contributed by atoms with Crippen LogP contribution in [0.4, 0.5) is 0 Å². The standard InChI is InChI=1S/C25H25ClN2O/c1-2-19-9-15-22(16-10-19)29-18-6-5-17-28-24-8-4-3-7-23(24)27-25(28)20-11-13-21(26)14-12-20/h3-4,7-16H,2,5-6,17-18H2,1H3. The Balaban J connectivity index is 1.43. The fourth-order valence-electron chi connectivity index (χ4n) is 3.50. The molecule has 0 radical (unpaired) electrons. The molecule has 0 saturated carbocycles. The topological polar surface area (TPSA) is 27.1 Å². The van der Waals surface area contributed by atoms with E-state index in [-0.39, 0.29) is 0 Å². The summed E-state index contributed by atoms with van der Waals surface area (Å²) in [7, 11) is 0. The SMILES string of the molecule is CCc1ccc(OCCCCn2c(-c3ccc(Cl)cc3)nc3ccccc32)cc1. The molecule has 1 heterocycles. The molecule has 0 amide bonds. The first-order valence-corrected chi connectivity index (χ1v) is 10.6. The van der Waals surface area contributed by atoms with Gasteiger partial charge in [0.05, 0.1) is 17.6 Å². The molecule has 0 aliphatic heterocycles. The molecular weight excluding hydrogens is 380 g/mol. The average molecular weight is 405 g/mol. The molecule has 29 heavy (non-hydrogen) atoms. The van der Waals surface area contributed by atoms with Gasteiger partial charge in [-0.3, -0.25) is 0 Å². The molecule has 0 N–H and O–H groups in total. The Morgan fingerprint density at radius 2 is 1.66 bits per heavy atom. The van der Waals surface area contributed by atoms with Gasteiger partial charge >= 0.3 is 0 Å². The number of imidazole rings is 1. The number of benzene rings is 3. The molecule has 0 spiro atoms. The number of nitrogens with zero attached hydrogens (tertiary/aromatic N) is 2. The average Bonchev–Trinajstić information content (AvgIpc) is 3.13. The summed E-state index contributed by atoms with van der Waals surface area (Å²) < 4.78 is 8.20. The zero-order chi connectivity index (χ0) is 20.1. The third-order valence-corrected chi connectivity index (χ3v) is 5.39. The van der Waals surface area contributed by atoms with Gasteiger partial charge in [0.1, 0.15) is 11.6 Å². The summed E-state index contributed by atoms with van der Waals surface area (Å²) >= 11 is 6.06. The lowest BCUT2D eigenvalue weighted by molar-refractivity contribution is 0.303. The van der Waals surface area contributed by atoms with Gasteiger partial charge in [-0.1, -0.05) is 42.8 Å². The minimum Gasteiger partial charge on any atom is -0.494 e. The Labute approximate surface area is 176 Å². The van der Waals surface area contributed by atoms with Crippen molar-refractivity contribution in [2.45, 2.75) is 32.7 Å². The van der Waals surface area contributed by atoms with E-state index in [4.69, 9.17) is 21.3 Å². The second kappa shape index (κ2) is 9.15. The molecule has 0 aliphatic rings. The fraction of sp³-hybridized carbons (Fsp3) is 0.240. The van der Waals surface area contributed by atoms with Gasteiger partial charge in [-0.25, -0.2) is 4.98 Å². The molecule has 3 nitrogen and oxygen atoms in total. The molecule has 3 aromatic carbocycles. The summed E-state index contributed by atoms with van der Waals surface area (Å²) in [6.07, 6.45) is 3.06. The molecule has 4 rings (SSSR count). The Kier molecular flexibility index (Phi) is 6.16. The molecule has 148 valence electrons. The van der Waals surface area contributed by atoms with Gasteiger partial charge in [0, 0.05) is 17.1 Å². The predicted octanol–water partition coefficient (Wildman–Crippen LogP) is 6.78. The number of para-hydroxylation sites is 2. The first kappa shape index (κ1) is 19.5. The van der Waals surface area contributed by atoms with E-state index in [9.17, 15) is 0 Å². The van der Waals surface area contributed by atoms with E-state index in [0.29, 0.717) is 6.61 Å². The lowest BCUT2D eigenvalue weighted by atomic mass is 10.2. The van der Waals surface area contributed by atoms with Crippen LogP contribution in [0, 0.1) is 0 Å². The van der Waals surface area contributed by atoms with Crippen molar-refractivity contribution in [3.05, 3.63) is 83.4 Å². The van der Waals surface area contributed by atoms with Gasteiger partial charge in [-0.05, 0) is 73.4 Å². The summed E-state index contributed by atoms with van der Waals surface area (Å²) in [5.74, 6) is 1.93. The zero-order valence-corrected chi connectivity index (χ0v) is 17.4. The van der Waals surface area contributed by atoms with E-state index in [2.05, 4.69) is 54.0 Å². The van der Waals surface area contributed by atoms with E-state index in [1.165, 1.54) is 5.56 Å². The number of unbranched alkanes of at least 4 members (excludes halogenated alkanes) is 1. The second-order valence-corrected chi connectivity index (χ2v) is 7.57. The number of ether oxygens (including phenoxy) is 1. The van der Waals surface area contributed by atoms with Crippen LogP contribution in [0.5, 0.6) is 5.75 Å². The first-order valence-electron chi connectivity index (χ1n) is 10.2. The summed E-state index contributed by atoms with van der Waals surface area (Å²) in [6.45, 7) is 3.78. The largest absolute Gasteiger partial charge is 0.494 e. The normalized spacial score (nSPS) is 11.1. The third kappa shape index (κ3) is 4.63. The molecule has 0 aliphatic carbocycles. The van der Waals surface area contributed by atoms with E-state index < -0.39 is 0 Å². The van der Waals surface area contributed by atoms with Crippen molar-refractivity contribution >= 4 is 22.6 Å². The molecular formula is C25H25ClN2O. The maximum atomic E-state index is 6.06. The van der Waals surface area contributed by atoms with Crippen molar-refractivity contribution in [3.63, 3.8) is 0 Å². The fourth-order valence-corrected chi connectivity index (χ4v) is 3.63. The van der Waals surface area contributed by atoms with Crippen LogP contribution < -0.4 is 4.74 Å². The summed E-state index contributed by atoms with van der Waals surface area (Å²) in [4.78, 5) is 4.86. The maximum absolute atomic E-state index is 6.06. The van der Waals surface area contributed by atoms with Crippen molar-refractivity contribution in [2.75, 3.05) is 6.61 Å². The number of hydrogen-bond donors (Lipinski definition) is 0. The Hall–Kier alpha value is -2.78. The smallest absolute Gasteiger partial charge is 0.141 e. The molecule has 0 saturated heterocycles. The van der Waals surface area contributed by atoms with Crippen molar-refractivity contribution in [2.24, 2.45) is 0 Å². The van der Waals surface area contributed by atoms with Crippen molar-refractivity contribution in [1.29, 1.82) is 0 Å². The van der Waals surface area contributed by atoms with Crippen LogP contribution in [-0.2, 0) is 13.0 Å². The number of hydrogen-bond acceptors (Lipinski definition) is 2. The van der Waals surface area contributed by atoms with E-state index in [1.54, 1.807) is 0 Å². The Morgan fingerprint density at radius 3 is 2.41 bits per heavy atom. The molecule has 0 fully saturated rings. The van der Waals surface area contributed by atoms with Crippen LogP contribution in [0.15, 0.2) is 72.8 Å². The summed E-state index contributed by atoms with van der Waals surface area (Å²) in [5, 5.41) is 0.737. The van der Waals surface area contributed by atoms with Gasteiger partial charge in [0.2, 0.25) is 0 Å². The minimum absolute atomic E-state index is 0.717. The number of aromatic nitrogens is 2. The van der Waals surface area contributed by atoms with E-state index in [0.717, 1.165) is 59.0 Å². The monoisotopic (exact) mass is 404 g/mol. The summed E-state index contributed by atoms with van der Waals surface area (Å²) in [5.41, 5.74) is 4.59.